The fourth-order valence-electron chi connectivity index (χ4n) is 6.05. The van der Waals surface area contributed by atoms with Crippen LogP contribution in [0.3, 0.4) is 0 Å². The Morgan fingerprint density at radius 1 is 0.667 bits per heavy atom. The van der Waals surface area contributed by atoms with Crippen molar-refractivity contribution >= 4 is 11.0 Å². The van der Waals surface area contributed by atoms with Crippen LogP contribution in [0.25, 0.3) is 22.3 Å². The summed E-state index contributed by atoms with van der Waals surface area (Å²) in [6.07, 6.45) is -22.9. The molecule has 11 N–H and O–H groups in total. The summed E-state index contributed by atoms with van der Waals surface area (Å²) < 4.78 is 40.3. The number of hydrogen-bond acceptors (Lipinski definition) is 19. The van der Waals surface area contributed by atoms with Crippen molar-refractivity contribution < 1.29 is 89.0 Å². The van der Waals surface area contributed by atoms with Gasteiger partial charge in [0.1, 0.15) is 71.3 Å². The number of hydrogen-bond donors (Lipinski definition) is 11. The molecule has 6 rings (SSSR count). The zero-order valence-electron chi connectivity index (χ0n) is 26.9. The quantitative estimate of drug-likeness (QED) is 0.115. The maximum absolute atomic E-state index is 13.9. The van der Waals surface area contributed by atoms with Gasteiger partial charge < -0.3 is 89.0 Å². The van der Waals surface area contributed by atoms with Crippen LogP contribution in [0.1, 0.15) is 13.8 Å². The van der Waals surface area contributed by atoms with Crippen molar-refractivity contribution in [3.63, 3.8) is 0 Å². The number of aliphatic hydroxyl groups is 7. The summed E-state index contributed by atoms with van der Waals surface area (Å²) in [5, 5.41) is 114. The SMILES string of the molecule is C[C@@H]1O[C@@H](O[C@H]2[C@H](O[C@H]3[C@H](Oc4c(-c5ccc(O)c(O)c5)oc5cc(O)cc(O)c5c4=O)O[C@@H](C)[C@H](O)[C@H]3O)OC[C@H](O)[C@@H]2O)[C@H](O)[C@H](O)[C@H]1O. The van der Waals surface area contributed by atoms with Crippen molar-refractivity contribution in [3.8, 4) is 40.1 Å². The van der Waals surface area contributed by atoms with Gasteiger partial charge in [-0.15, -0.1) is 0 Å². The molecule has 3 saturated heterocycles. The molecule has 4 heterocycles. The van der Waals surface area contributed by atoms with Gasteiger partial charge in [0.15, 0.2) is 35.9 Å². The standard InChI is InChI=1S/C32H38O19/c1-9-19(38)23(42)25(44)30(46-9)50-28-21(40)16(37)8-45-31(28)51-29-24(43)20(39)10(2)47-32(29)49-27-22(41)18-15(36)6-12(33)7-17(18)48-26(27)11-3-4-13(34)14(35)5-11/h3-7,9-10,16,19-21,23-25,28-40,42-44H,8H2,1-2H3/t9-,10-,16-,19-,20-,21-,23+,24+,25+,28+,29+,30-,31-,32-/m0/s1. The van der Waals surface area contributed by atoms with Crippen molar-refractivity contribution in [2.45, 2.75) is 99.9 Å². The lowest BCUT2D eigenvalue weighted by atomic mass is 9.98. The first-order chi connectivity index (χ1) is 24.1. The van der Waals surface area contributed by atoms with E-state index in [1.807, 2.05) is 0 Å². The molecule has 3 aromatic rings. The molecule has 3 fully saturated rings. The summed E-state index contributed by atoms with van der Waals surface area (Å²) in [6, 6.07) is 5.25. The van der Waals surface area contributed by atoms with E-state index in [1.165, 1.54) is 19.9 Å². The molecular formula is C32H38O19. The Labute approximate surface area is 287 Å². The van der Waals surface area contributed by atoms with E-state index in [9.17, 15) is 61.0 Å². The Kier molecular flexibility index (Phi) is 10.4. The fourth-order valence-corrected chi connectivity index (χ4v) is 6.05. The van der Waals surface area contributed by atoms with E-state index < -0.39 is 138 Å². The van der Waals surface area contributed by atoms with Crippen LogP contribution in [0.5, 0.6) is 28.7 Å². The third-order valence-electron chi connectivity index (χ3n) is 8.99. The molecule has 3 aliphatic heterocycles. The van der Waals surface area contributed by atoms with Crippen LogP contribution in [0.2, 0.25) is 0 Å². The monoisotopic (exact) mass is 726 g/mol. The summed E-state index contributed by atoms with van der Waals surface area (Å²) in [5.41, 5.74) is -1.38. The smallest absolute Gasteiger partial charge is 0.239 e. The first-order valence-corrected chi connectivity index (χ1v) is 15.8. The normalized spacial score (nSPS) is 37.4. The van der Waals surface area contributed by atoms with Gasteiger partial charge in [-0.05, 0) is 32.0 Å². The zero-order valence-corrected chi connectivity index (χ0v) is 26.9. The predicted molar refractivity (Wildman–Crippen MR) is 165 cm³/mol. The number of aromatic hydroxyl groups is 4. The Morgan fingerprint density at radius 2 is 1.29 bits per heavy atom. The first kappa shape index (κ1) is 36.9. The molecule has 280 valence electrons. The number of rotatable bonds is 7. The molecule has 19 nitrogen and oxygen atoms in total. The molecule has 19 heteroatoms. The average molecular weight is 727 g/mol. The molecule has 51 heavy (non-hydrogen) atoms. The lowest BCUT2D eigenvalue weighted by Crippen LogP contribution is -2.65. The first-order valence-electron chi connectivity index (χ1n) is 15.8. The summed E-state index contributed by atoms with van der Waals surface area (Å²) in [5.74, 6) is -3.39. The van der Waals surface area contributed by atoms with Crippen LogP contribution in [-0.4, -0.2) is 149 Å². The number of phenolic OH excluding ortho intramolecular Hbond substituents is 4. The molecule has 0 bridgehead atoms. The Bertz CT molecular complexity index is 1780. The fraction of sp³-hybridized carbons (Fsp3) is 0.531. The van der Waals surface area contributed by atoms with Gasteiger partial charge in [0.05, 0.1) is 18.8 Å². The highest BCUT2D eigenvalue weighted by atomic mass is 16.8. The molecule has 1 aromatic heterocycles. The van der Waals surface area contributed by atoms with Gasteiger partial charge in [0, 0.05) is 17.7 Å². The largest absolute Gasteiger partial charge is 0.508 e. The minimum atomic E-state index is -1.86. The van der Waals surface area contributed by atoms with Crippen LogP contribution in [0, 0.1) is 0 Å². The molecule has 3 aliphatic rings. The zero-order chi connectivity index (χ0) is 37.0. The van der Waals surface area contributed by atoms with E-state index in [2.05, 4.69) is 0 Å². The molecule has 0 spiro atoms. The van der Waals surface area contributed by atoms with Crippen molar-refractivity contribution in [1.82, 2.24) is 0 Å². The van der Waals surface area contributed by atoms with Gasteiger partial charge in [0.2, 0.25) is 17.5 Å². The molecule has 0 unspecified atom stereocenters. The molecule has 0 amide bonds. The average Bonchev–Trinajstić information content (AvgIpc) is 3.08. The molecule has 0 aliphatic carbocycles. The van der Waals surface area contributed by atoms with Gasteiger partial charge in [0.25, 0.3) is 0 Å². The summed E-state index contributed by atoms with van der Waals surface area (Å²) in [6.45, 7) is 2.20. The second kappa shape index (κ2) is 14.3. The van der Waals surface area contributed by atoms with Crippen LogP contribution >= 0.6 is 0 Å². The van der Waals surface area contributed by atoms with E-state index in [1.54, 1.807) is 0 Å². The topological polar surface area (TPSA) is 308 Å². The summed E-state index contributed by atoms with van der Waals surface area (Å²) in [4.78, 5) is 13.9. The number of fused-ring (bicyclic) bond motifs is 1. The van der Waals surface area contributed by atoms with Crippen molar-refractivity contribution in [2.75, 3.05) is 6.61 Å². The third kappa shape index (κ3) is 6.91. The van der Waals surface area contributed by atoms with Crippen LogP contribution in [0.4, 0.5) is 0 Å². The van der Waals surface area contributed by atoms with Gasteiger partial charge in [-0.3, -0.25) is 4.79 Å². The van der Waals surface area contributed by atoms with Crippen LogP contribution in [-0.2, 0) is 23.7 Å². The number of benzene rings is 2. The van der Waals surface area contributed by atoms with E-state index in [0.29, 0.717) is 0 Å². The van der Waals surface area contributed by atoms with Gasteiger partial charge in [-0.2, -0.15) is 0 Å². The third-order valence-corrected chi connectivity index (χ3v) is 8.99. The Balaban J connectivity index is 1.38. The van der Waals surface area contributed by atoms with E-state index in [4.69, 9.17) is 32.8 Å². The molecule has 0 saturated carbocycles. The summed E-state index contributed by atoms with van der Waals surface area (Å²) in [7, 11) is 0. The molecule has 0 radical (unpaired) electrons. The minimum absolute atomic E-state index is 0.0437. The van der Waals surface area contributed by atoms with Crippen molar-refractivity contribution in [1.29, 1.82) is 0 Å². The molecule has 14 atom stereocenters. The maximum Gasteiger partial charge on any atom is 0.239 e. The van der Waals surface area contributed by atoms with Crippen LogP contribution < -0.4 is 10.2 Å². The van der Waals surface area contributed by atoms with Gasteiger partial charge in [-0.25, -0.2) is 0 Å². The van der Waals surface area contributed by atoms with Crippen LogP contribution in [0.15, 0.2) is 39.5 Å². The van der Waals surface area contributed by atoms with Crippen molar-refractivity contribution in [3.05, 3.63) is 40.6 Å². The van der Waals surface area contributed by atoms with E-state index in [-0.39, 0.29) is 11.1 Å². The lowest BCUT2D eigenvalue weighted by Gasteiger charge is -2.46. The number of ether oxygens (including phenoxy) is 6. The Morgan fingerprint density at radius 3 is 1.98 bits per heavy atom. The highest BCUT2D eigenvalue weighted by Gasteiger charge is 2.52. The predicted octanol–water partition coefficient (Wildman–Crippen LogP) is -2.20. The minimum Gasteiger partial charge on any atom is -0.508 e. The van der Waals surface area contributed by atoms with E-state index >= 15 is 0 Å². The van der Waals surface area contributed by atoms with Crippen molar-refractivity contribution in [2.24, 2.45) is 0 Å². The lowest BCUT2D eigenvalue weighted by molar-refractivity contribution is -0.376. The second-order valence-electron chi connectivity index (χ2n) is 12.6. The maximum atomic E-state index is 13.9. The number of aliphatic hydroxyl groups excluding tert-OH is 7. The molecule has 2 aromatic carbocycles. The Hall–Kier alpha value is -3.83. The highest BCUT2D eigenvalue weighted by Crippen LogP contribution is 2.40. The second-order valence-corrected chi connectivity index (χ2v) is 12.6. The summed E-state index contributed by atoms with van der Waals surface area (Å²) >= 11 is 0. The number of phenols is 4. The van der Waals surface area contributed by atoms with Gasteiger partial charge >= 0.3 is 0 Å². The molecular weight excluding hydrogens is 688 g/mol. The highest BCUT2D eigenvalue weighted by molar-refractivity contribution is 5.88. The van der Waals surface area contributed by atoms with E-state index in [0.717, 1.165) is 24.3 Å². The van der Waals surface area contributed by atoms with Gasteiger partial charge in [-0.1, -0.05) is 0 Å².